The first kappa shape index (κ1) is 17.3. The number of nitrogens with zero attached hydrogens (tertiary/aromatic N) is 1. The quantitative estimate of drug-likeness (QED) is 0.873. The number of amides is 1. The van der Waals surface area contributed by atoms with E-state index >= 15 is 0 Å². The minimum atomic E-state index is -0.335. The zero-order valence-corrected chi connectivity index (χ0v) is 15.0. The lowest BCUT2D eigenvalue weighted by atomic mass is 10.1. The molecule has 2 saturated heterocycles. The third kappa shape index (κ3) is 3.41. The van der Waals surface area contributed by atoms with E-state index in [1.807, 2.05) is 4.90 Å². The molecule has 2 unspecified atom stereocenters. The highest BCUT2D eigenvalue weighted by atomic mass is 35.5. The number of carbonyl (C=O) groups is 1. The summed E-state index contributed by atoms with van der Waals surface area (Å²) < 4.78 is 19.0. The van der Waals surface area contributed by atoms with Crippen LogP contribution in [0.4, 0.5) is 4.39 Å². The van der Waals surface area contributed by atoms with Gasteiger partial charge in [-0.15, -0.1) is 0 Å². The summed E-state index contributed by atoms with van der Waals surface area (Å²) in [6, 6.07) is 11.2. The van der Waals surface area contributed by atoms with Gasteiger partial charge in [0.25, 0.3) is 5.91 Å². The number of fused-ring (bicyclic) bond motifs is 2. The van der Waals surface area contributed by atoms with Crippen molar-refractivity contribution in [2.75, 3.05) is 13.1 Å². The fraction of sp³-hybridized carbons (Fsp3) is 0.350. The fourth-order valence-corrected chi connectivity index (χ4v) is 4.01. The Hall–Kier alpha value is -2.11. The molecule has 0 saturated carbocycles. The maximum Gasteiger partial charge on any atom is 0.258 e. The Labute approximate surface area is 156 Å². The van der Waals surface area contributed by atoms with Gasteiger partial charge in [-0.1, -0.05) is 11.6 Å². The van der Waals surface area contributed by atoms with Crippen LogP contribution in [0.2, 0.25) is 5.02 Å². The number of hydrogen-bond acceptors (Lipinski definition) is 3. The second-order valence-corrected chi connectivity index (χ2v) is 7.22. The normalized spacial score (nSPS) is 22.2. The summed E-state index contributed by atoms with van der Waals surface area (Å²) in [6.07, 6.45) is 3.00. The summed E-state index contributed by atoms with van der Waals surface area (Å²) in [6.45, 7) is 1.75. The molecule has 0 radical (unpaired) electrons. The van der Waals surface area contributed by atoms with Crippen LogP contribution in [0.25, 0.3) is 0 Å². The highest BCUT2D eigenvalue weighted by molar-refractivity contribution is 6.31. The van der Waals surface area contributed by atoms with E-state index in [2.05, 4.69) is 5.32 Å². The Morgan fingerprint density at radius 1 is 1.12 bits per heavy atom. The second-order valence-electron chi connectivity index (χ2n) is 6.79. The van der Waals surface area contributed by atoms with Crippen LogP contribution >= 0.6 is 11.6 Å². The maximum atomic E-state index is 13.3. The van der Waals surface area contributed by atoms with E-state index in [0.29, 0.717) is 22.1 Å². The topological polar surface area (TPSA) is 41.6 Å². The van der Waals surface area contributed by atoms with Gasteiger partial charge in [0.05, 0.1) is 5.56 Å². The predicted molar refractivity (Wildman–Crippen MR) is 98.4 cm³/mol. The van der Waals surface area contributed by atoms with Gasteiger partial charge in [-0.2, -0.15) is 0 Å². The standard InChI is InChI=1S/C20H20ClFN2O2/c21-13-1-8-19(26-17-6-2-14(22)3-7-17)18(11-13)20(25)24-15-4-5-16(24)12-23-10-9-15/h1-3,6-8,11,15-16,23H,4-5,9-10,12H2. The van der Waals surface area contributed by atoms with Crippen LogP contribution in [0.5, 0.6) is 11.5 Å². The van der Waals surface area contributed by atoms with Crippen molar-refractivity contribution >= 4 is 17.5 Å². The summed E-state index contributed by atoms with van der Waals surface area (Å²) in [5.74, 6) is 0.519. The van der Waals surface area contributed by atoms with Gasteiger partial charge in [0.15, 0.2) is 0 Å². The number of rotatable bonds is 3. The number of carbonyl (C=O) groups excluding carboxylic acids is 1. The van der Waals surface area contributed by atoms with Gasteiger partial charge < -0.3 is 15.0 Å². The van der Waals surface area contributed by atoms with Crippen molar-refractivity contribution in [1.82, 2.24) is 10.2 Å². The van der Waals surface area contributed by atoms with Crippen LogP contribution in [-0.2, 0) is 0 Å². The van der Waals surface area contributed by atoms with E-state index in [9.17, 15) is 9.18 Å². The maximum absolute atomic E-state index is 13.3. The molecule has 26 heavy (non-hydrogen) atoms. The molecule has 1 amide bonds. The molecule has 2 heterocycles. The zero-order valence-electron chi connectivity index (χ0n) is 14.3. The molecule has 2 aromatic carbocycles. The smallest absolute Gasteiger partial charge is 0.258 e. The van der Waals surface area contributed by atoms with Crippen molar-refractivity contribution in [1.29, 1.82) is 0 Å². The third-order valence-corrected chi connectivity index (χ3v) is 5.34. The Kier molecular flexibility index (Phi) is 4.83. The molecule has 2 aliphatic heterocycles. The van der Waals surface area contributed by atoms with Crippen LogP contribution in [0, 0.1) is 5.82 Å². The SMILES string of the molecule is O=C(c1cc(Cl)ccc1Oc1ccc(F)cc1)N1C2CCNCC1CC2. The minimum absolute atomic E-state index is 0.0548. The molecule has 0 aromatic heterocycles. The Balaban J connectivity index is 1.65. The molecule has 4 rings (SSSR count). The minimum Gasteiger partial charge on any atom is -0.457 e. The summed E-state index contributed by atoms with van der Waals surface area (Å²) in [5, 5.41) is 3.89. The number of halogens is 2. The van der Waals surface area contributed by atoms with Crippen molar-refractivity contribution < 1.29 is 13.9 Å². The molecule has 2 atom stereocenters. The first-order valence-corrected chi connectivity index (χ1v) is 9.26. The van der Waals surface area contributed by atoms with Crippen molar-refractivity contribution in [2.24, 2.45) is 0 Å². The molecule has 1 N–H and O–H groups in total. The van der Waals surface area contributed by atoms with E-state index < -0.39 is 0 Å². The Morgan fingerprint density at radius 3 is 2.69 bits per heavy atom. The fourth-order valence-electron chi connectivity index (χ4n) is 3.84. The molecular weight excluding hydrogens is 355 g/mol. The average Bonchev–Trinajstić information content (AvgIpc) is 2.90. The van der Waals surface area contributed by atoms with Crippen molar-refractivity contribution in [3.05, 3.63) is 58.9 Å². The zero-order chi connectivity index (χ0) is 18.1. The van der Waals surface area contributed by atoms with E-state index in [-0.39, 0.29) is 23.8 Å². The molecule has 2 aromatic rings. The Bertz CT molecular complexity index is 798. The second kappa shape index (κ2) is 7.25. The van der Waals surface area contributed by atoms with E-state index in [1.54, 1.807) is 18.2 Å². The lowest BCUT2D eigenvalue weighted by Crippen LogP contribution is -2.42. The summed E-state index contributed by atoms with van der Waals surface area (Å²) in [7, 11) is 0. The highest BCUT2D eigenvalue weighted by Gasteiger charge is 2.39. The number of hydrogen-bond donors (Lipinski definition) is 1. The number of nitrogens with one attached hydrogen (secondary N) is 1. The van der Waals surface area contributed by atoms with Gasteiger partial charge in [0, 0.05) is 23.7 Å². The summed E-state index contributed by atoms with van der Waals surface area (Å²) in [4.78, 5) is 15.3. The van der Waals surface area contributed by atoms with Crippen LogP contribution in [0.15, 0.2) is 42.5 Å². The van der Waals surface area contributed by atoms with Crippen LogP contribution in [0.1, 0.15) is 29.6 Å². The monoisotopic (exact) mass is 374 g/mol. The third-order valence-electron chi connectivity index (χ3n) is 5.10. The molecule has 0 spiro atoms. The molecule has 2 bridgehead atoms. The van der Waals surface area contributed by atoms with E-state index in [1.165, 1.54) is 24.3 Å². The molecule has 136 valence electrons. The van der Waals surface area contributed by atoms with E-state index in [4.69, 9.17) is 16.3 Å². The van der Waals surface area contributed by atoms with Gasteiger partial charge in [0.1, 0.15) is 17.3 Å². The number of benzene rings is 2. The van der Waals surface area contributed by atoms with Gasteiger partial charge >= 0.3 is 0 Å². The van der Waals surface area contributed by atoms with E-state index in [0.717, 1.165) is 32.4 Å². The van der Waals surface area contributed by atoms with Crippen LogP contribution in [-0.4, -0.2) is 36.0 Å². The van der Waals surface area contributed by atoms with Crippen molar-refractivity contribution in [2.45, 2.75) is 31.3 Å². The van der Waals surface area contributed by atoms with Crippen molar-refractivity contribution in [3.8, 4) is 11.5 Å². The van der Waals surface area contributed by atoms with Crippen LogP contribution in [0.3, 0.4) is 0 Å². The first-order valence-electron chi connectivity index (χ1n) is 8.88. The Morgan fingerprint density at radius 2 is 1.88 bits per heavy atom. The average molecular weight is 375 g/mol. The largest absolute Gasteiger partial charge is 0.457 e. The van der Waals surface area contributed by atoms with Crippen molar-refractivity contribution in [3.63, 3.8) is 0 Å². The van der Waals surface area contributed by atoms with Crippen LogP contribution < -0.4 is 10.1 Å². The number of ether oxygens (including phenoxy) is 1. The summed E-state index contributed by atoms with van der Waals surface area (Å²) in [5.41, 5.74) is 0.445. The first-order chi connectivity index (χ1) is 12.6. The van der Waals surface area contributed by atoms with Gasteiger partial charge in [-0.3, -0.25) is 4.79 Å². The summed E-state index contributed by atoms with van der Waals surface area (Å²) >= 11 is 6.16. The molecule has 6 heteroatoms. The lowest BCUT2D eigenvalue weighted by molar-refractivity contribution is 0.0677. The van der Waals surface area contributed by atoms with Gasteiger partial charge in [-0.25, -0.2) is 4.39 Å². The molecular formula is C20H20ClFN2O2. The lowest BCUT2D eigenvalue weighted by Gasteiger charge is -2.28. The highest BCUT2D eigenvalue weighted by Crippen LogP contribution is 2.34. The predicted octanol–water partition coefficient (Wildman–Crippen LogP) is 4.24. The molecule has 2 aliphatic rings. The van der Waals surface area contributed by atoms with Gasteiger partial charge in [0.2, 0.25) is 0 Å². The molecule has 2 fully saturated rings. The van der Waals surface area contributed by atoms with Gasteiger partial charge in [-0.05, 0) is 68.3 Å². The molecule has 4 nitrogen and oxygen atoms in total. The molecule has 0 aliphatic carbocycles.